The molecule has 88 valence electrons. The summed E-state index contributed by atoms with van der Waals surface area (Å²) in [6, 6.07) is 8.80. The van der Waals surface area contributed by atoms with Crippen LogP contribution in [0.1, 0.15) is 12.5 Å². The van der Waals surface area contributed by atoms with Gasteiger partial charge in [0, 0.05) is 31.4 Å². The summed E-state index contributed by atoms with van der Waals surface area (Å²) in [5, 5.41) is 12.2. The first-order valence-electron chi connectivity index (χ1n) is 5.98. The fourth-order valence-electron chi connectivity index (χ4n) is 2.15. The van der Waals surface area contributed by atoms with E-state index >= 15 is 0 Å². The van der Waals surface area contributed by atoms with E-state index in [1.807, 2.05) is 6.92 Å². The molecule has 3 nitrogen and oxygen atoms in total. The molecule has 2 N–H and O–H groups in total. The van der Waals surface area contributed by atoms with Crippen molar-refractivity contribution in [1.82, 2.24) is 5.32 Å². The van der Waals surface area contributed by atoms with Gasteiger partial charge in [-0.25, -0.2) is 0 Å². The van der Waals surface area contributed by atoms with Crippen LogP contribution in [0.2, 0.25) is 0 Å². The molecule has 0 fully saturated rings. The standard InChI is InChI=1S/C13H20N2O/c1-11(10-16)14-7-9-15-8-6-12-4-2-3-5-13(12)15/h2-5,11,14,16H,6-10H2,1H3/t11-/m1/s1. The number of nitrogens with one attached hydrogen (secondary N) is 1. The van der Waals surface area contributed by atoms with Crippen LogP contribution in [-0.2, 0) is 6.42 Å². The van der Waals surface area contributed by atoms with Gasteiger partial charge in [0.05, 0.1) is 6.61 Å². The van der Waals surface area contributed by atoms with Gasteiger partial charge < -0.3 is 15.3 Å². The lowest BCUT2D eigenvalue weighted by Crippen LogP contribution is -2.36. The summed E-state index contributed by atoms with van der Waals surface area (Å²) in [4.78, 5) is 2.41. The highest BCUT2D eigenvalue weighted by Gasteiger charge is 2.17. The van der Waals surface area contributed by atoms with Gasteiger partial charge in [-0.15, -0.1) is 0 Å². The topological polar surface area (TPSA) is 35.5 Å². The van der Waals surface area contributed by atoms with E-state index in [1.54, 1.807) is 0 Å². The molecule has 1 aliphatic heterocycles. The number of para-hydroxylation sites is 1. The molecule has 2 rings (SSSR count). The third kappa shape index (κ3) is 2.54. The third-order valence-corrected chi connectivity index (χ3v) is 3.13. The average Bonchev–Trinajstić information content (AvgIpc) is 2.73. The molecule has 1 heterocycles. The van der Waals surface area contributed by atoms with Gasteiger partial charge in [-0.2, -0.15) is 0 Å². The number of hydrogen-bond acceptors (Lipinski definition) is 3. The largest absolute Gasteiger partial charge is 0.395 e. The predicted octanol–water partition coefficient (Wildman–Crippen LogP) is 1.02. The van der Waals surface area contributed by atoms with Crippen molar-refractivity contribution in [2.45, 2.75) is 19.4 Å². The smallest absolute Gasteiger partial charge is 0.0581 e. The lowest BCUT2D eigenvalue weighted by atomic mass is 10.2. The summed E-state index contributed by atoms with van der Waals surface area (Å²) >= 11 is 0. The second-order valence-electron chi connectivity index (χ2n) is 4.40. The van der Waals surface area contributed by atoms with Crippen LogP contribution in [0.3, 0.4) is 0 Å². The fraction of sp³-hybridized carbons (Fsp3) is 0.538. The number of hydrogen-bond donors (Lipinski definition) is 2. The predicted molar refractivity (Wildman–Crippen MR) is 66.9 cm³/mol. The lowest BCUT2D eigenvalue weighted by Gasteiger charge is -2.20. The first-order chi connectivity index (χ1) is 7.81. The van der Waals surface area contributed by atoms with Crippen molar-refractivity contribution in [1.29, 1.82) is 0 Å². The Balaban J connectivity index is 1.84. The summed E-state index contributed by atoms with van der Waals surface area (Å²) in [6.07, 6.45) is 1.16. The van der Waals surface area contributed by atoms with Crippen molar-refractivity contribution in [2.24, 2.45) is 0 Å². The minimum absolute atomic E-state index is 0.192. The Labute approximate surface area is 97.1 Å². The molecule has 0 saturated heterocycles. The Morgan fingerprint density at radius 1 is 1.44 bits per heavy atom. The normalized spacial score (nSPS) is 16.2. The van der Waals surface area contributed by atoms with Crippen LogP contribution >= 0.6 is 0 Å². The van der Waals surface area contributed by atoms with Crippen molar-refractivity contribution in [3.8, 4) is 0 Å². The van der Waals surface area contributed by atoms with E-state index in [0.717, 1.165) is 26.1 Å². The van der Waals surface area contributed by atoms with Crippen LogP contribution in [0.15, 0.2) is 24.3 Å². The summed E-state index contributed by atoms with van der Waals surface area (Å²) < 4.78 is 0. The maximum atomic E-state index is 8.91. The van der Waals surface area contributed by atoms with Gasteiger partial charge in [-0.1, -0.05) is 18.2 Å². The van der Waals surface area contributed by atoms with Crippen LogP contribution in [-0.4, -0.2) is 37.4 Å². The summed E-state index contributed by atoms with van der Waals surface area (Å²) in [5.41, 5.74) is 2.83. The SMILES string of the molecule is C[C@H](CO)NCCN1CCc2ccccc21. The third-order valence-electron chi connectivity index (χ3n) is 3.13. The van der Waals surface area contributed by atoms with Gasteiger partial charge in [0.25, 0.3) is 0 Å². The Morgan fingerprint density at radius 3 is 3.06 bits per heavy atom. The van der Waals surface area contributed by atoms with E-state index < -0.39 is 0 Å². The average molecular weight is 220 g/mol. The van der Waals surface area contributed by atoms with E-state index in [1.165, 1.54) is 11.3 Å². The number of benzene rings is 1. The van der Waals surface area contributed by atoms with Crippen LogP contribution in [0.4, 0.5) is 5.69 Å². The van der Waals surface area contributed by atoms with Crippen LogP contribution < -0.4 is 10.2 Å². The summed E-state index contributed by atoms with van der Waals surface area (Å²) in [6.45, 7) is 5.26. The van der Waals surface area contributed by atoms with Gasteiger partial charge >= 0.3 is 0 Å². The number of rotatable bonds is 5. The second kappa shape index (κ2) is 5.32. The minimum Gasteiger partial charge on any atom is -0.395 e. The van der Waals surface area contributed by atoms with Gasteiger partial charge in [-0.05, 0) is 25.0 Å². The molecular formula is C13H20N2O. The van der Waals surface area contributed by atoms with Crippen molar-refractivity contribution in [3.63, 3.8) is 0 Å². The zero-order chi connectivity index (χ0) is 11.4. The molecule has 1 atom stereocenters. The zero-order valence-corrected chi connectivity index (χ0v) is 9.82. The lowest BCUT2D eigenvalue weighted by molar-refractivity contribution is 0.252. The van der Waals surface area contributed by atoms with Crippen molar-refractivity contribution < 1.29 is 5.11 Å². The highest BCUT2D eigenvalue weighted by atomic mass is 16.3. The van der Waals surface area contributed by atoms with Crippen LogP contribution in [0.5, 0.6) is 0 Å². The van der Waals surface area contributed by atoms with Crippen molar-refractivity contribution in [3.05, 3.63) is 29.8 Å². The molecule has 3 heteroatoms. The maximum absolute atomic E-state index is 8.91. The fourth-order valence-corrected chi connectivity index (χ4v) is 2.15. The molecule has 0 radical (unpaired) electrons. The first-order valence-corrected chi connectivity index (χ1v) is 5.98. The van der Waals surface area contributed by atoms with Crippen LogP contribution in [0.25, 0.3) is 0 Å². The Morgan fingerprint density at radius 2 is 2.25 bits per heavy atom. The molecule has 0 aromatic heterocycles. The molecule has 1 aliphatic rings. The van der Waals surface area contributed by atoms with Gasteiger partial charge in [0.2, 0.25) is 0 Å². The first kappa shape index (κ1) is 11.4. The molecule has 0 bridgehead atoms. The van der Waals surface area contributed by atoms with E-state index in [-0.39, 0.29) is 12.6 Å². The molecule has 0 unspecified atom stereocenters. The molecule has 1 aromatic carbocycles. The second-order valence-corrected chi connectivity index (χ2v) is 4.40. The molecular weight excluding hydrogens is 200 g/mol. The Hall–Kier alpha value is -1.06. The molecule has 1 aromatic rings. The summed E-state index contributed by atoms with van der Waals surface area (Å²) in [7, 11) is 0. The van der Waals surface area contributed by atoms with Crippen molar-refractivity contribution >= 4 is 5.69 Å². The molecule has 0 aliphatic carbocycles. The number of nitrogens with zero attached hydrogens (tertiary/aromatic N) is 1. The quantitative estimate of drug-likeness (QED) is 0.777. The highest BCUT2D eigenvalue weighted by Crippen LogP contribution is 2.26. The molecule has 0 amide bonds. The molecule has 0 spiro atoms. The minimum atomic E-state index is 0.192. The van der Waals surface area contributed by atoms with E-state index in [0.29, 0.717) is 0 Å². The highest BCUT2D eigenvalue weighted by molar-refractivity contribution is 5.57. The van der Waals surface area contributed by atoms with Gasteiger partial charge in [0.15, 0.2) is 0 Å². The summed E-state index contributed by atoms with van der Waals surface area (Å²) in [5.74, 6) is 0. The van der Waals surface area contributed by atoms with Gasteiger partial charge in [0.1, 0.15) is 0 Å². The Kier molecular flexibility index (Phi) is 3.80. The van der Waals surface area contributed by atoms with E-state index in [4.69, 9.17) is 5.11 Å². The zero-order valence-electron chi connectivity index (χ0n) is 9.82. The number of aliphatic hydroxyl groups is 1. The van der Waals surface area contributed by atoms with Crippen molar-refractivity contribution in [2.75, 3.05) is 31.1 Å². The van der Waals surface area contributed by atoms with Gasteiger partial charge in [-0.3, -0.25) is 0 Å². The maximum Gasteiger partial charge on any atom is 0.0581 e. The van der Waals surface area contributed by atoms with E-state index in [9.17, 15) is 0 Å². The van der Waals surface area contributed by atoms with E-state index in [2.05, 4.69) is 34.5 Å². The Bertz CT molecular complexity index is 340. The number of aliphatic hydroxyl groups excluding tert-OH is 1. The van der Waals surface area contributed by atoms with Crippen LogP contribution in [0, 0.1) is 0 Å². The number of fused-ring (bicyclic) bond motifs is 1. The monoisotopic (exact) mass is 220 g/mol. The molecule has 16 heavy (non-hydrogen) atoms. The number of anilines is 1. The molecule has 0 saturated carbocycles.